The minimum absolute atomic E-state index is 0.0520. The van der Waals surface area contributed by atoms with Crippen molar-refractivity contribution in [3.8, 4) is 11.5 Å². The van der Waals surface area contributed by atoms with Gasteiger partial charge in [-0.3, -0.25) is 9.69 Å². The van der Waals surface area contributed by atoms with Crippen LogP contribution in [0.25, 0.3) is 0 Å². The Morgan fingerprint density at radius 2 is 1.91 bits per heavy atom. The number of anilines is 1. The Morgan fingerprint density at radius 1 is 1.26 bits per heavy atom. The van der Waals surface area contributed by atoms with Gasteiger partial charge in [0, 0.05) is 24.8 Å². The number of carbonyl (C=O) groups is 1. The number of halogens is 2. The smallest absolute Gasteiger partial charge is 0.395 e. The van der Waals surface area contributed by atoms with Crippen LogP contribution in [0.2, 0.25) is 0 Å². The lowest BCUT2D eigenvalue weighted by Gasteiger charge is -2.34. The fourth-order valence-electron chi connectivity index (χ4n) is 2.84. The Kier molecular flexibility index (Phi) is 4.11. The van der Waals surface area contributed by atoms with Gasteiger partial charge in [-0.15, -0.1) is 8.78 Å². The summed E-state index contributed by atoms with van der Waals surface area (Å²) in [5, 5.41) is 2.67. The molecule has 1 saturated heterocycles. The number of ether oxygens (including phenoxy) is 3. The van der Waals surface area contributed by atoms with Crippen molar-refractivity contribution in [2.45, 2.75) is 32.4 Å². The largest absolute Gasteiger partial charge is 0.586 e. The quantitative estimate of drug-likeness (QED) is 0.920. The van der Waals surface area contributed by atoms with E-state index in [2.05, 4.69) is 14.8 Å². The van der Waals surface area contributed by atoms with Gasteiger partial charge in [-0.25, -0.2) is 0 Å². The highest BCUT2D eigenvalue weighted by molar-refractivity contribution is 5.92. The summed E-state index contributed by atoms with van der Waals surface area (Å²) in [6.45, 7) is 5.47. The molecule has 8 heteroatoms. The molecule has 1 aromatic carbocycles. The molecular formula is C15H18F2N2O4. The van der Waals surface area contributed by atoms with E-state index in [1.54, 1.807) is 0 Å². The molecule has 0 spiro atoms. The first kappa shape index (κ1) is 15.9. The molecule has 126 valence electrons. The van der Waals surface area contributed by atoms with Crippen LogP contribution in [0.5, 0.6) is 11.5 Å². The molecule has 2 aliphatic heterocycles. The molecule has 1 fully saturated rings. The Morgan fingerprint density at radius 3 is 2.61 bits per heavy atom. The zero-order valence-electron chi connectivity index (χ0n) is 12.8. The van der Waals surface area contributed by atoms with Crippen LogP contribution in [0.15, 0.2) is 18.2 Å². The molecule has 2 heterocycles. The molecule has 23 heavy (non-hydrogen) atoms. The fourth-order valence-corrected chi connectivity index (χ4v) is 2.84. The second-order valence-electron chi connectivity index (χ2n) is 5.83. The van der Waals surface area contributed by atoms with E-state index in [4.69, 9.17) is 4.74 Å². The molecule has 0 aliphatic carbocycles. The number of benzene rings is 1. The summed E-state index contributed by atoms with van der Waals surface area (Å²) in [5.74, 6) is -0.373. The molecule has 3 rings (SSSR count). The van der Waals surface area contributed by atoms with Crippen molar-refractivity contribution in [2.75, 3.05) is 25.0 Å². The average molecular weight is 328 g/mol. The standard InChI is InChI=1S/C15H18F2N2O4/c1-9-6-19(7-10(2)21-9)8-14(20)18-11-3-4-12-13(5-11)23-15(16,17)22-12/h3-5,9-10H,6-8H2,1-2H3,(H,18,20). The maximum Gasteiger partial charge on any atom is 0.586 e. The van der Waals surface area contributed by atoms with Gasteiger partial charge in [0.05, 0.1) is 18.8 Å². The van der Waals surface area contributed by atoms with E-state index in [-0.39, 0.29) is 36.2 Å². The van der Waals surface area contributed by atoms with Crippen LogP contribution in [0, 0.1) is 0 Å². The predicted molar refractivity (Wildman–Crippen MR) is 77.7 cm³/mol. The SMILES string of the molecule is CC1CN(CC(=O)Nc2ccc3c(c2)OC(F)(F)O3)CC(C)O1. The van der Waals surface area contributed by atoms with Gasteiger partial charge < -0.3 is 19.5 Å². The van der Waals surface area contributed by atoms with E-state index in [0.29, 0.717) is 18.8 Å². The van der Waals surface area contributed by atoms with Gasteiger partial charge in [0.2, 0.25) is 5.91 Å². The number of fused-ring (bicyclic) bond motifs is 1. The molecule has 2 unspecified atom stereocenters. The highest BCUT2D eigenvalue weighted by Crippen LogP contribution is 2.42. The van der Waals surface area contributed by atoms with E-state index in [1.165, 1.54) is 18.2 Å². The molecule has 2 atom stereocenters. The summed E-state index contributed by atoms with van der Waals surface area (Å²) in [5.41, 5.74) is 0.379. The summed E-state index contributed by atoms with van der Waals surface area (Å²) in [7, 11) is 0. The second-order valence-corrected chi connectivity index (χ2v) is 5.83. The van der Waals surface area contributed by atoms with E-state index in [1.807, 2.05) is 18.7 Å². The van der Waals surface area contributed by atoms with Crippen molar-refractivity contribution < 1.29 is 27.8 Å². The summed E-state index contributed by atoms with van der Waals surface area (Å²) >= 11 is 0. The van der Waals surface area contributed by atoms with Gasteiger partial charge in [-0.1, -0.05) is 0 Å². The highest BCUT2D eigenvalue weighted by Gasteiger charge is 2.43. The van der Waals surface area contributed by atoms with Crippen LogP contribution in [-0.2, 0) is 9.53 Å². The van der Waals surface area contributed by atoms with E-state index < -0.39 is 6.29 Å². The predicted octanol–water partition coefficient (Wildman–Crippen LogP) is 2.06. The van der Waals surface area contributed by atoms with E-state index >= 15 is 0 Å². The van der Waals surface area contributed by atoms with Gasteiger partial charge in [0.25, 0.3) is 0 Å². The lowest BCUT2D eigenvalue weighted by atomic mass is 10.2. The first-order valence-electron chi connectivity index (χ1n) is 7.38. The summed E-state index contributed by atoms with van der Waals surface area (Å²) in [4.78, 5) is 14.1. The zero-order chi connectivity index (χ0) is 16.6. The van der Waals surface area contributed by atoms with Gasteiger partial charge >= 0.3 is 6.29 Å². The third-order valence-corrected chi connectivity index (χ3v) is 3.55. The van der Waals surface area contributed by atoms with Crippen LogP contribution >= 0.6 is 0 Å². The summed E-state index contributed by atoms with van der Waals surface area (Å²) in [6, 6.07) is 4.15. The number of morpholine rings is 1. The molecule has 2 aliphatic rings. The number of alkyl halides is 2. The molecule has 0 bridgehead atoms. The molecule has 6 nitrogen and oxygen atoms in total. The number of nitrogens with zero attached hydrogens (tertiary/aromatic N) is 1. The lowest BCUT2D eigenvalue weighted by molar-refractivity contribution is -0.286. The molecule has 0 saturated carbocycles. The van der Waals surface area contributed by atoms with Crippen molar-refractivity contribution in [3.63, 3.8) is 0 Å². The van der Waals surface area contributed by atoms with Crippen LogP contribution in [0.3, 0.4) is 0 Å². The van der Waals surface area contributed by atoms with Crippen LogP contribution in [-0.4, -0.2) is 48.9 Å². The molecular weight excluding hydrogens is 310 g/mol. The molecule has 1 amide bonds. The van der Waals surface area contributed by atoms with Crippen molar-refractivity contribution in [2.24, 2.45) is 0 Å². The topological polar surface area (TPSA) is 60.0 Å². The fraction of sp³-hybridized carbons (Fsp3) is 0.533. The Bertz CT molecular complexity index is 601. The van der Waals surface area contributed by atoms with Crippen LogP contribution < -0.4 is 14.8 Å². The Hall–Kier alpha value is -1.93. The number of amides is 1. The van der Waals surface area contributed by atoms with Crippen LogP contribution in [0.1, 0.15) is 13.8 Å². The number of nitrogens with one attached hydrogen (secondary N) is 1. The molecule has 1 aromatic rings. The zero-order valence-corrected chi connectivity index (χ0v) is 12.8. The first-order chi connectivity index (χ1) is 10.8. The van der Waals surface area contributed by atoms with Crippen molar-refractivity contribution in [3.05, 3.63) is 18.2 Å². The Balaban J connectivity index is 1.59. The number of carbonyl (C=O) groups excluding carboxylic acids is 1. The minimum atomic E-state index is -3.66. The molecule has 1 N–H and O–H groups in total. The van der Waals surface area contributed by atoms with E-state index in [9.17, 15) is 13.6 Å². The normalized spacial score (nSPS) is 26.1. The minimum Gasteiger partial charge on any atom is -0.395 e. The second kappa shape index (κ2) is 5.93. The number of hydrogen-bond donors (Lipinski definition) is 1. The average Bonchev–Trinajstić information content (AvgIpc) is 2.70. The molecule has 0 radical (unpaired) electrons. The lowest BCUT2D eigenvalue weighted by Crippen LogP contribution is -2.48. The molecule has 0 aromatic heterocycles. The Labute approximate surface area is 132 Å². The third-order valence-electron chi connectivity index (χ3n) is 3.55. The highest BCUT2D eigenvalue weighted by atomic mass is 19.3. The van der Waals surface area contributed by atoms with Crippen LogP contribution in [0.4, 0.5) is 14.5 Å². The maximum absolute atomic E-state index is 13.0. The van der Waals surface area contributed by atoms with E-state index in [0.717, 1.165) is 0 Å². The third kappa shape index (κ3) is 3.89. The summed E-state index contributed by atoms with van der Waals surface area (Å²) in [6.07, 6.45) is -3.52. The number of hydrogen-bond acceptors (Lipinski definition) is 5. The van der Waals surface area contributed by atoms with Gasteiger partial charge in [0.1, 0.15) is 0 Å². The van der Waals surface area contributed by atoms with Gasteiger partial charge in [-0.2, -0.15) is 0 Å². The van der Waals surface area contributed by atoms with Gasteiger partial charge in [-0.05, 0) is 26.0 Å². The number of rotatable bonds is 3. The maximum atomic E-state index is 13.0. The van der Waals surface area contributed by atoms with Gasteiger partial charge in [0.15, 0.2) is 11.5 Å². The van der Waals surface area contributed by atoms with Crippen molar-refractivity contribution in [1.82, 2.24) is 4.90 Å². The van der Waals surface area contributed by atoms with Crippen molar-refractivity contribution in [1.29, 1.82) is 0 Å². The summed E-state index contributed by atoms with van der Waals surface area (Å²) < 4.78 is 40.2. The van der Waals surface area contributed by atoms with Crippen molar-refractivity contribution >= 4 is 11.6 Å². The first-order valence-corrected chi connectivity index (χ1v) is 7.38. The monoisotopic (exact) mass is 328 g/mol.